The van der Waals surface area contributed by atoms with E-state index in [1.165, 1.54) is 24.9 Å². The molecule has 0 atom stereocenters. The zero-order valence-corrected chi connectivity index (χ0v) is 10.9. The third kappa shape index (κ3) is 4.24. The lowest BCUT2D eigenvalue weighted by Crippen LogP contribution is -2.30. The molecule has 7 heteroatoms. The van der Waals surface area contributed by atoms with Gasteiger partial charge in [-0.25, -0.2) is 4.98 Å². The molecule has 0 saturated heterocycles. The van der Waals surface area contributed by atoms with Gasteiger partial charge in [-0.1, -0.05) is 11.6 Å². The summed E-state index contributed by atoms with van der Waals surface area (Å²) in [5.74, 6) is -0.904. The lowest BCUT2D eigenvalue weighted by atomic mass is 10.2. The fourth-order valence-electron chi connectivity index (χ4n) is 1.04. The van der Waals surface area contributed by atoms with Crippen molar-refractivity contribution in [3.8, 4) is 0 Å². The van der Waals surface area contributed by atoms with Crippen molar-refractivity contribution in [2.75, 3.05) is 19.9 Å². The molecule has 1 N–H and O–H groups in total. The van der Waals surface area contributed by atoms with Crippen LogP contribution in [0.1, 0.15) is 10.4 Å². The number of methoxy groups -OCH3 is 1. The van der Waals surface area contributed by atoms with E-state index in [9.17, 15) is 9.59 Å². The van der Waals surface area contributed by atoms with E-state index in [2.05, 4.69) is 15.0 Å². The predicted molar refractivity (Wildman–Crippen MR) is 65.4 cm³/mol. The van der Waals surface area contributed by atoms with Crippen LogP contribution in [0.25, 0.3) is 0 Å². The molecule has 0 aliphatic carbocycles. The first-order valence-electron chi connectivity index (χ1n) is 4.63. The molecule has 0 aliphatic rings. The molecule has 0 aliphatic heterocycles. The van der Waals surface area contributed by atoms with Crippen LogP contribution in [0, 0.1) is 0 Å². The number of carbonyl (C=O) groups excluding carboxylic acids is 2. The molecule has 5 nitrogen and oxygen atoms in total. The Hall–Kier alpha value is -1.27. The van der Waals surface area contributed by atoms with Gasteiger partial charge in [0.15, 0.2) is 0 Å². The third-order valence-corrected chi connectivity index (χ3v) is 2.68. The van der Waals surface area contributed by atoms with Gasteiger partial charge in [-0.3, -0.25) is 9.59 Å². The highest BCUT2D eigenvalue weighted by molar-refractivity contribution is 7.98. The third-order valence-electron chi connectivity index (χ3n) is 1.86. The molecule has 0 radical (unpaired) electrons. The van der Waals surface area contributed by atoms with Crippen LogP contribution in [0.2, 0.25) is 5.15 Å². The number of hydrogen-bond acceptors (Lipinski definition) is 5. The zero-order chi connectivity index (χ0) is 12.8. The van der Waals surface area contributed by atoms with Gasteiger partial charge in [0.1, 0.15) is 11.7 Å². The molecule has 1 rings (SSSR count). The summed E-state index contributed by atoms with van der Waals surface area (Å²) in [5.41, 5.74) is 0.359. The Bertz CT molecular complexity index is 440. The maximum atomic E-state index is 11.7. The molecule has 0 bridgehead atoms. The lowest BCUT2D eigenvalue weighted by molar-refractivity contribution is -0.139. The normalized spacial score (nSPS) is 9.82. The highest BCUT2D eigenvalue weighted by atomic mass is 35.5. The molecule has 0 fully saturated rings. The molecule has 1 aromatic rings. The smallest absolute Gasteiger partial charge is 0.325 e. The van der Waals surface area contributed by atoms with Crippen molar-refractivity contribution in [3.05, 3.63) is 22.8 Å². The van der Waals surface area contributed by atoms with Crippen molar-refractivity contribution in [2.45, 2.75) is 5.03 Å². The summed E-state index contributed by atoms with van der Waals surface area (Å²) in [6.45, 7) is -0.177. The molecule has 17 heavy (non-hydrogen) atoms. The number of nitrogens with one attached hydrogen (secondary N) is 1. The number of amides is 1. The number of carbonyl (C=O) groups is 2. The largest absolute Gasteiger partial charge is 0.468 e. The van der Waals surface area contributed by atoms with Crippen LogP contribution in [0.5, 0.6) is 0 Å². The summed E-state index contributed by atoms with van der Waals surface area (Å²) in [7, 11) is 1.25. The number of ether oxygens (including phenoxy) is 1. The number of aromatic nitrogens is 1. The van der Waals surface area contributed by atoms with E-state index in [0.29, 0.717) is 10.6 Å². The van der Waals surface area contributed by atoms with Gasteiger partial charge in [-0.2, -0.15) is 0 Å². The van der Waals surface area contributed by atoms with E-state index in [4.69, 9.17) is 11.6 Å². The van der Waals surface area contributed by atoms with Crippen LogP contribution in [0.4, 0.5) is 0 Å². The maximum absolute atomic E-state index is 11.7. The minimum Gasteiger partial charge on any atom is -0.468 e. The van der Waals surface area contributed by atoms with Gasteiger partial charge in [-0.15, -0.1) is 11.8 Å². The summed E-state index contributed by atoms with van der Waals surface area (Å²) < 4.78 is 4.41. The number of pyridine rings is 1. The van der Waals surface area contributed by atoms with Gasteiger partial charge < -0.3 is 10.1 Å². The Morgan fingerprint density at radius 1 is 1.53 bits per heavy atom. The van der Waals surface area contributed by atoms with E-state index in [1.807, 2.05) is 6.26 Å². The molecular weight excluding hydrogens is 264 g/mol. The molecule has 0 spiro atoms. The number of rotatable bonds is 4. The lowest BCUT2D eigenvalue weighted by Gasteiger charge is -2.05. The standard InChI is InChI=1S/C10H11ClN2O3S/c1-16-9(14)5-12-10(15)6-3-7(11)13-8(4-6)17-2/h3-4H,5H2,1-2H3,(H,12,15). The van der Waals surface area contributed by atoms with Gasteiger partial charge in [0.2, 0.25) is 0 Å². The van der Waals surface area contributed by atoms with Crippen LogP contribution in [-0.2, 0) is 9.53 Å². The monoisotopic (exact) mass is 274 g/mol. The average Bonchev–Trinajstić information content (AvgIpc) is 2.34. The minimum atomic E-state index is -0.511. The Kier molecular flexibility index (Phi) is 5.24. The number of hydrogen-bond donors (Lipinski definition) is 1. The Morgan fingerprint density at radius 3 is 2.82 bits per heavy atom. The molecule has 1 heterocycles. The van der Waals surface area contributed by atoms with Crippen LogP contribution < -0.4 is 5.32 Å². The summed E-state index contributed by atoms with van der Waals surface area (Å²) in [4.78, 5) is 26.5. The Morgan fingerprint density at radius 2 is 2.24 bits per heavy atom. The first-order valence-corrected chi connectivity index (χ1v) is 6.23. The van der Waals surface area contributed by atoms with Crippen molar-refractivity contribution in [1.29, 1.82) is 0 Å². The van der Waals surface area contributed by atoms with E-state index in [1.54, 1.807) is 6.07 Å². The van der Waals surface area contributed by atoms with Crippen LogP contribution in [0.15, 0.2) is 17.2 Å². The zero-order valence-electron chi connectivity index (χ0n) is 9.32. The van der Waals surface area contributed by atoms with Gasteiger partial charge in [0, 0.05) is 5.56 Å². The van der Waals surface area contributed by atoms with Crippen molar-refractivity contribution >= 4 is 35.2 Å². The number of thioether (sulfide) groups is 1. The molecule has 0 unspecified atom stereocenters. The van der Waals surface area contributed by atoms with E-state index in [-0.39, 0.29) is 11.7 Å². The quantitative estimate of drug-likeness (QED) is 0.510. The summed E-state index contributed by atoms with van der Waals surface area (Å²) >= 11 is 7.14. The molecule has 1 amide bonds. The number of esters is 1. The highest BCUT2D eigenvalue weighted by Crippen LogP contribution is 2.17. The van der Waals surface area contributed by atoms with Gasteiger partial charge in [0.25, 0.3) is 5.91 Å². The first kappa shape index (κ1) is 13.8. The van der Waals surface area contributed by atoms with Gasteiger partial charge in [-0.05, 0) is 18.4 Å². The maximum Gasteiger partial charge on any atom is 0.325 e. The van der Waals surface area contributed by atoms with Gasteiger partial charge >= 0.3 is 5.97 Å². The second-order valence-electron chi connectivity index (χ2n) is 2.98. The number of halogens is 1. The fraction of sp³-hybridized carbons (Fsp3) is 0.300. The first-order chi connectivity index (χ1) is 8.06. The predicted octanol–water partition coefficient (Wildman–Crippen LogP) is 1.36. The highest BCUT2D eigenvalue weighted by Gasteiger charge is 2.10. The molecule has 0 aromatic carbocycles. The topological polar surface area (TPSA) is 68.3 Å². The van der Waals surface area contributed by atoms with E-state index in [0.717, 1.165) is 0 Å². The van der Waals surface area contributed by atoms with Crippen LogP contribution >= 0.6 is 23.4 Å². The second-order valence-corrected chi connectivity index (χ2v) is 4.19. The van der Waals surface area contributed by atoms with Crippen molar-refractivity contribution in [2.24, 2.45) is 0 Å². The second kappa shape index (κ2) is 6.46. The summed E-state index contributed by atoms with van der Waals surface area (Å²) in [6, 6.07) is 3.04. The average molecular weight is 275 g/mol. The Labute approximate surface area is 108 Å². The Balaban J connectivity index is 2.74. The van der Waals surface area contributed by atoms with Gasteiger partial charge in [0.05, 0.1) is 12.1 Å². The minimum absolute atomic E-state index is 0.177. The molecular formula is C10H11ClN2O3S. The van der Waals surface area contributed by atoms with Crippen molar-refractivity contribution < 1.29 is 14.3 Å². The van der Waals surface area contributed by atoms with Crippen LogP contribution in [-0.4, -0.2) is 36.8 Å². The molecule has 1 aromatic heterocycles. The molecule has 92 valence electrons. The van der Waals surface area contributed by atoms with Crippen LogP contribution in [0.3, 0.4) is 0 Å². The number of nitrogens with zero attached hydrogens (tertiary/aromatic N) is 1. The van der Waals surface area contributed by atoms with Crippen molar-refractivity contribution in [1.82, 2.24) is 10.3 Å². The SMILES string of the molecule is COC(=O)CNC(=O)c1cc(Cl)nc(SC)c1. The van der Waals surface area contributed by atoms with Crippen molar-refractivity contribution in [3.63, 3.8) is 0 Å². The summed E-state index contributed by atoms with van der Waals surface area (Å²) in [5, 5.41) is 3.29. The molecule has 0 saturated carbocycles. The van der Waals surface area contributed by atoms with E-state index < -0.39 is 11.9 Å². The fourth-order valence-corrected chi connectivity index (χ4v) is 1.73. The summed E-state index contributed by atoms with van der Waals surface area (Å²) in [6.07, 6.45) is 1.83. The van der Waals surface area contributed by atoms with E-state index >= 15 is 0 Å².